The fourth-order valence-corrected chi connectivity index (χ4v) is 1.56. The Morgan fingerprint density at radius 1 is 1.79 bits per heavy atom. The average molecular weight is 195 g/mol. The number of nitrogens with one attached hydrogen (secondary N) is 1. The summed E-state index contributed by atoms with van der Waals surface area (Å²) in [7, 11) is 0. The molecule has 1 saturated heterocycles. The second-order valence-electron chi connectivity index (χ2n) is 3.41. The SMILES string of the molecule is CC1COCCN1C(=O)c1cn[nH]c1. The molecule has 5 nitrogen and oxygen atoms in total. The predicted molar refractivity (Wildman–Crippen MR) is 49.9 cm³/mol. The van der Waals surface area contributed by atoms with E-state index in [2.05, 4.69) is 10.2 Å². The largest absolute Gasteiger partial charge is 0.377 e. The average Bonchev–Trinajstić information content (AvgIpc) is 2.70. The highest BCUT2D eigenvalue weighted by Gasteiger charge is 2.24. The standard InChI is InChI=1S/C9H13N3O2/c1-7-6-14-3-2-12(7)9(13)8-4-10-11-5-8/h4-5,7H,2-3,6H2,1H3,(H,10,11). The molecule has 0 aromatic carbocycles. The van der Waals surface area contributed by atoms with Crippen LogP contribution in [0.15, 0.2) is 12.4 Å². The van der Waals surface area contributed by atoms with E-state index in [9.17, 15) is 4.79 Å². The molecule has 2 heterocycles. The zero-order valence-corrected chi connectivity index (χ0v) is 8.06. The monoisotopic (exact) mass is 195 g/mol. The third-order valence-electron chi connectivity index (χ3n) is 2.37. The van der Waals surface area contributed by atoms with Crippen LogP contribution in [-0.2, 0) is 4.74 Å². The smallest absolute Gasteiger partial charge is 0.257 e. The quantitative estimate of drug-likeness (QED) is 0.699. The van der Waals surface area contributed by atoms with E-state index in [4.69, 9.17) is 4.74 Å². The Morgan fingerprint density at radius 3 is 3.29 bits per heavy atom. The molecule has 1 aromatic rings. The molecule has 14 heavy (non-hydrogen) atoms. The summed E-state index contributed by atoms with van der Waals surface area (Å²) in [6.45, 7) is 3.87. The number of morpholine rings is 1. The van der Waals surface area contributed by atoms with Crippen molar-refractivity contribution in [1.82, 2.24) is 15.1 Å². The number of hydrogen-bond acceptors (Lipinski definition) is 3. The minimum Gasteiger partial charge on any atom is -0.377 e. The summed E-state index contributed by atoms with van der Waals surface area (Å²) < 4.78 is 5.26. The van der Waals surface area contributed by atoms with Gasteiger partial charge in [0.15, 0.2) is 0 Å². The number of carbonyl (C=O) groups is 1. The molecule has 2 rings (SSSR count). The number of amides is 1. The van der Waals surface area contributed by atoms with Gasteiger partial charge in [-0.15, -0.1) is 0 Å². The van der Waals surface area contributed by atoms with Crippen LogP contribution in [-0.4, -0.2) is 46.8 Å². The van der Waals surface area contributed by atoms with Crippen molar-refractivity contribution in [2.75, 3.05) is 19.8 Å². The van der Waals surface area contributed by atoms with E-state index in [1.54, 1.807) is 12.4 Å². The van der Waals surface area contributed by atoms with Crippen LogP contribution < -0.4 is 0 Å². The lowest BCUT2D eigenvalue weighted by Crippen LogP contribution is -2.47. The molecule has 76 valence electrons. The number of aromatic nitrogens is 2. The molecule has 1 aromatic heterocycles. The van der Waals surface area contributed by atoms with Crippen LogP contribution in [0.3, 0.4) is 0 Å². The lowest BCUT2D eigenvalue weighted by atomic mass is 10.2. The van der Waals surface area contributed by atoms with Gasteiger partial charge in [0.2, 0.25) is 0 Å². The minimum absolute atomic E-state index is 0.0227. The fourth-order valence-electron chi connectivity index (χ4n) is 1.56. The number of carbonyl (C=O) groups excluding carboxylic acids is 1. The molecule has 0 saturated carbocycles. The first kappa shape index (κ1) is 9.21. The van der Waals surface area contributed by atoms with Gasteiger partial charge in [-0.05, 0) is 6.92 Å². The highest BCUT2D eigenvalue weighted by atomic mass is 16.5. The van der Waals surface area contributed by atoms with Gasteiger partial charge in [0.25, 0.3) is 5.91 Å². The molecule has 1 amide bonds. The van der Waals surface area contributed by atoms with Gasteiger partial charge < -0.3 is 9.64 Å². The molecule has 1 atom stereocenters. The molecule has 0 aliphatic carbocycles. The molecule has 0 spiro atoms. The van der Waals surface area contributed by atoms with Crippen LogP contribution in [0.4, 0.5) is 0 Å². The van der Waals surface area contributed by atoms with E-state index >= 15 is 0 Å². The van der Waals surface area contributed by atoms with Crippen molar-refractivity contribution in [2.45, 2.75) is 13.0 Å². The predicted octanol–water partition coefficient (Wildman–Crippen LogP) is 0.271. The van der Waals surface area contributed by atoms with Gasteiger partial charge in [0, 0.05) is 12.7 Å². The van der Waals surface area contributed by atoms with Crippen LogP contribution >= 0.6 is 0 Å². The minimum atomic E-state index is 0.0227. The van der Waals surface area contributed by atoms with Gasteiger partial charge in [-0.3, -0.25) is 9.89 Å². The van der Waals surface area contributed by atoms with Crippen LogP contribution in [0.2, 0.25) is 0 Å². The third-order valence-corrected chi connectivity index (χ3v) is 2.37. The maximum Gasteiger partial charge on any atom is 0.257 e. The Morgan fingerprint density at radius 2 is 2.64 bits per heavy atom. The van der Waals surface area contributed by atoms with E-state index in [1.165, 1.54) is 0 Å². The maximum atomic E-state index is 11.9. The van der Waals surface area contributed by atoms with Gasteiger partial charge in [0.1, 0.15) is 0 Å². The second kappa shape index (κ2) is 3.79. The highest BCUT2D eigenvalue weighted by molar-refractivity contribution is 5.93. The summed E-state index contributed by atoms with van der Waals surface area (Å²) >= 11 is 0. The van der Waals surface area contributed by atoms with Crippen molar-refractivity contribution in [1.29, 1.82) is 0 Å². The fraction of sp³-hybridized carbons (Fsp3) is 0.556. The van der Waals surface area contributed by atoms with Gasteiger partial charge in [-0.2, -0.15) is 5.10 Å². The summed E-state index contributed by atoms with van der Waals surface area (Å²) in [5.74, 6) is 0.0227. The molecule has 1 aliphatic rings. The first-order chi connectivity index (χ1) is 6.79. The van der Waals surface area contributed by atoms with E-state index in [0.717, 1.165) is 0 Å². The summed E-state index contributed by atoms with van der Waals surface area (Å²) in [6.07, 6.45) is 3.16. The van der Waals surface area contributed by atoms with Crippen molar-refractivity contribution in [3.8, 4) is 0 Å². The third kappa shape index (κ3) is 1.63. The molecule has 1 fully saturated rings. The maximum absolute atomic E-state index is 11.9. The zero-order valence-electron chi connectivity index (χ0n) is 8.06. The van der Waals surface area contributed by atoms with Crippen LogP contribution in [0.1, 0.15) is 17.3 Å². The number of aromatic amines is 1. The lowest BCUT2D eigenvalue weighted by Gasteiger charge is -2.32. The van der Waals surface area contributed by atoms with Crippen molar-refractivity contribution in [3.05, 3.63) is 18.0 Å². The second-order valence-corrected chi connectivity index (χ2v) is 3.41. The van der Waals surface area contributed by atoms with Gasteiger partial charge in [-0.25, -0.2) is 0 Å². The van der Waals surface area contributed by atoms with Crippen molar-refractivity contribution in [2.24, 2.45) is 0 Å². The normalized spacial score (nSPS) is 22.4. The molecule has 1 unspecified atom stereocenters. The molecule has 0 bridgehead atoms. The van der Waals surface area contributed by atoms with Gasteiger partial charge in [-0.1, -0.05) is 0 Å². The molecular formula is C9H13N3O2. The summed E-state index contributed by atoms with van der Waals surface area (Å²) in [5.41, 5.74) is 0.610. The molecule has 1 N–H and O–H groups in total. The molecule has 0 radical (unpaired) electrons. The Bertz CT molecular complexity index is 310. The highest BCUT2D eigenvalue weighted by Crippen LogP contribution is 2.10. The number of rotatable bonds is 1. The van der Waals surface area contributed by atoms with Crippen LogP contribution in [0, 0.1) is 0 Å². The van der Waals surface area contributed by atoms with E-state index < -0.39 is 0 Å². The summed E-state index contributed by atoms with van der Waals surface area (Å²) in [4.78, 5) is 13.7. The first-order valence-corrected chi connectivity index (χ1v) is 4.66. The van der Waals surface area contributed by atoms with Crippen molar-refractivity contribution >= 4 is 5.91 Å². The number of hydrogen-bond donors (Lipinski definition) is 1. The van der Waals surface area contributed by atoms with E-state index in [-0.39, 0.29) is 11.9 Å². The Balaban J connectivity index is 2.10. The van der Waals surface area contributed by atoms with E-state index in [0.29, 0.717) is 25.3 Å². The summed E-state index contributed by atoms with van der Waals surface area (Å²) in [5, 5.41) is 6.40. The van der Waals surface area contributed by atoms with E-state index in [1.807, 2.05) is 11.8 Å². The Hall–Kier alpha value is -1.36. The Labute approximate surface area is 82.0 Å². The van der Waals surface area contributed by atoms with Crippen LogP contribution in [0.25, 0.3) is 0 Å². The lowest BCUT2D eigenvalue weighted by molar-refractivity contribution is 0.00360. The number of ether oxygens (including phenoxy) is 1. The molecule has 1 aliphatic heterocycles. The topological polar surface area (TPSA) is 58.2 Å². The van der Waals surface area contributed by atoms with Gasteiger partial charge in [0.05, 0.1) is 31.0 Å². The van der Waals surface area contributed by atoms with Crippen LogP contribution in [0.5, 0.6) is 0 Å². The molecular weight excluding hydrogens is 182 g/mol. The first-order valence-electron chi connectivity index (χ1n) is 4.66. The van der Waals surface area contributed by atoms with Gasteiger partial charge >= 0.3 is 0 Å². The Kier molecular flexibility index (Phi) is 2.49. The van der Waals surface area contributed by atoms with Crippen molar-refractivity contribution in [3.63, 3.8) is 0 Å². The number of H-pyrrole nitrogens is 1. The zero-order chi connectivity index (χ0) is 9.97. The molecule has 5 heteroatoms. The van der Waals surface area contributed by atoms with Crippen molar-refractivity contribution < 1.29 is 9.53 Å². The summed E-state index contributed by atoms with van der Waals surface area (Å²) in [6, 6.07) is 0.145. The number of nitrogens with zero attached hydrogens (tertiary/aromatic N) is 2.